The molecule has 1 aromatic heterocycles. The molecular formula is C23H29N5O. The molecule has 6 heteroatoms. The number of nitrogens with zero attached hydrogens (tertiary/aromatic N) is 4. The van der Waals surface area contributed by atoms with Crippen molar-refractivity contribution in [3.05, 3.63) is 47.5 Å². The minimum Gasteiger partial charge on any atom is -0.341 e. The lowest BCUT2D eigenvalue weighted by molar-refractivity contribution is -0.144. The highest BCUT2D eigenvalue weighted by molar-refractivity contribution is 5.78. The van der Waals surface area contributed by atoms with Crippen LogP contribution in [0.4, 0.5) is 0 Å². The van der Waals surface area contributed by atoms with Crippen molar-refractivity contribution in [3.63, 3.8) is 0 Å². The summed E-state index contributed by atoms with van der Waals surface area (Å²) in [6.45, 7) is 4.71. The molecule has 6 rings (SSSR count). The van der Waals surface area contributed by atoms with E-state index < -0.39 is 0 Å². The van der Waals surface area contributed by atoms with Crippen LogP contribution in [0.1, 0.15) is 61.2 Å². The molecule has 2 aliphatic carbocycles. The molecule has 6 nitrogen and oxygen atoms in total. The standard InChI is InChI=1S/C23H29N5O/c29-20(10-16-6-7-16)28-14-23(15-28)13-27(11-17-4-2-1-3-5-17)12-19(23)22-24-21(25-26-22)18-8-9-18/h1-5,16,18-19H,6-15H2,(H,24,25,26). The Morgan fingerprint density at radius 3 is 2.62 bits per heavy atom. The molecule has 1 atom stereocenters. The van der Waals surface area contributed by atoms with Gasteiger partial charge in [0.2, 0.25) is 5.91 Å². The lowest BCUT2D eigenvalue weighted by Gasteiger charge is -2.50. The Bertz CT molecular complexity index is 895. The van der Waals surface area contributed by atoms with Crippen molar-refractivity contribution in [2.45, 2.75) is 50.5 Å². The van der Waals surface area contributed by atoms with Crippen LogP contribution >= 0.6 is 0 Å². The number of amides is 1. The van der Waals surface area contributed by atoms with Crippen LogP contribution in [0.2, 0.25) is 0 Å². The van der Waals surface area contributed by atoms with Gasteiger partial charge in [0.15, 0.2) is 5.82 Å². The first-order valence-corrected chi connectivity index (χ1v) is 11.1. The normalized spacial score (nSPS) is 26.1. The molecule has 0 bridgehead atoms. The smallest absolute Gasteiger partial charge is 0.222 e. The molecule has 1 spiro atoms. The summed E-state index contributed by atoms with van der Waals surface area (Å²) in [5, 5.41) is 7.79. The van der Waals surface area contributed by atoms with Crippen LogP contribution in [-0.2, 0) is 11.3 Å². The number of carbonyl (C=O) groups is 1. The van der Waals surface area contributed by atoms with E-state index in [1.54, 1.807) is 0 Å². The van der Waals surface area contributed by atoms with Crippen LogP contribution in [0.3, 0.4) is 0 Å². The number of rotatable bonds is 6. The predicted octanol–water partition coefficient (Wildman–Crippen LogP) is 2.91. The Labute approximate surface area is 171 Å². The predicted molar refractivity (Wildman–Crippen MR) is 109 cm³/mol. The number of nitrogens with one attached hydrogen (secondary N) is 1. The van der Waals surface area contributed by atoms with Gasteiger partial charge >= 0.3 is 0 Å². The van der Waals surface area contributed by atoms with Crippen LogP contribution in [0, 0.1) is 11.3 Å². The van der Waals surface area contributed by atoms with Crippen molar-refractivity contribution in [2.75, 3.05) is 26.2 Å². The van der Waals surface area contributed by atoms with E-state index in [4.69, 9.17) is 4.98 Å². The average Bonchev–Trinajstić information content (AvgIpc) is 3.62. The molecule has 1 aromatic carbocycles. The molecule has 2 aliphatic heterocycles. The van der Waals surface area contributed by atoms with Gasteiger partial charge in [-0.05, 0) is 37.2 Å². The molecule has 4 aliphatic rings. The van der Waals surface area contributed by atoms with Gasteiger partial charge in [-0.3, -0.25) is 14.8 Å². The molecule has 1 amide bonds. The fourth-order valence-corrected chi connectivity index (χ4v) is 5.29. The first kappa shape index (κ1) is 17.6. The third-order valence-corrected chi connectivity index (χ3v) is 7.28. The first-order valence-electron chi connectivity index (χ1n) is 11.1. The maximum absolute atomic E-state index is 12.6. The molecule has 1 N–H and O–H groups in total. The highest BCUT2D eigenvalue weighted by Gasteiger charge is 2.57. The zero-order valence-electron chi connectivity index (χ0n) is 16.9. The summed E-state index contributed by atoms with van der Waals surface area (Å²) >= 11 is 0. The third-order valence-electron chi connectivity index (χ3n) is 7.28. The van der Waals surface area contributed by atoms with Gasteiger partial charge in [0, 0.05) is 56.4 Å². The molecule has 3 heterocycles. The third kappa shape index (κ3) is 3.37. The second-order valence-corrected chi connectivity index (χ2v) is 9.82. The minimum absolute atomic E-state index is 0.119. The second-order valence-electron chi connectivity index (χ2n) is 9.82. The number of carbonyl (C=O) groups excluding carboxylic acids is 1. The summed E-state index contributed by atoms with van der Waals surface area (Å²) in [6.07, 6.45) is 5.66. The van der Waals surface area contributed by atoms with Gasteiger partial charge in [-0.1, -0.05) is 30.3 Å². The average molecular weight is 392 g/mol. The Hall–Kier alpha value is -2.21. The quantitative estimate of drug-likeness (QED) is 0.822. The number of benzene rings is 1. The van der Waals surface area contributed by atoms with Gasteiger partial charge in [-0.15, -0.1) is 0 Å². The summed E-state index contributed by atoms with van der Waals surface area (Å²) in [7, 11) is 0. The maximum atomic E-state index is 12.6. The number of hydrogen-bond acceptors (Lipinski definition) is 4. The van der Waals surface area contributed by atoms with Gasteiger partial charge in [-0.2, -0.15) is 5.10 Å². The number of H-pyrrole nitrogens is 1. The largest absolute Gasteiger partial charge is 0.341 e. The summed E-state index contributed by atoms with van der Waals surface area (Å²) in [4.78, 5) is 22.2. The highest BCUT2D eigenvalue weighted by Crippen LogP contribution is 2.50. The van der Waals surface area contributed by atoms with Gasteiger partial charge in [0.05, 0.1) is 0 Å². The summed E-state index contributed by atoms with van der Waals surface area (Å²) in [5.41, 5.74) is 1.47. The molecule has 4 fully saturated rings. The summed E-state index contributed by atoms with van der Waals surface area (Å²) in [5.74, 6) is 3.94. The van der Waals surface area contributed by atoms with Crippen molar-refractivity contribution < 1.29 is 4.79 Å². The number of aromatic amines is 1. The molecular weight excluding hydrogens is 362 g/mol. The number of likely N-dealkylation sites (tertiary alicyclic amines) is 2. The summed E-state index contributed by atoms with van der Waals surface area (Å²) < 4.78 is 0. The number of aromatic nitrogens is 3. The molecule has 2 saturated heterocycles. The maximum Gasteiger partial charge on any atom is 0.222 e. The Balaban J connectivity index is 1.21. The molecule has 0 radical (unpaired) electrons. The van der Waals surface area contributed by atoms with Crippen molar-refractivity contribution in [1.82, 2.24) is 25.0 Å². The lowest BCUT2D eigenvalue weighted by Crippen LogP contribution is -2.61. The fourth-order valence-electron chi connectivity index (χ4n) is 5.29. The van der Waals surface area contributed by atoms with Crippen LogP contribution in [0.15, 0.2) is 30.3 Å². The van der Waals surface area contributed by atoms with Crippen LogP contribution in [-0.4, -0.2) is 57.1 Å². The first-order chi connectivity index (χ1) is 14.2. The van der Waals surface area contributed by atoms with Gasteiger partial charge < -0.3 is 4.90 Å². The van der Waals surface area contributed by atoms with Crippen LogP contribution in [0.5, 0.6) is 0 Å². The van der Waals surface area contributed by atoms with Crippen molar-refractivity contribution in [2.24, 2.45) is 11.3 Å². The van der Waals surface area contributed by atoms with E-state index in [1.807, 2.05) is 0 Å². The lowest BCUT2D eigenvalue weighted by atomic mass is 9.71. The zero-order chi connectivity index (χ0) is 19.4. The van der Waals surface area contributed by atoms with Gasteiger partial charge in [0.25, 0.3) is 0 Å². The van der Waals surface area contributed by atoms with E-state index in [2.05, 4.69) is 50.3 Å². The monoisotopic (exact) mass is 391 g/mol. The van der Waals surface area contributed by atoms with Gasteiger partial charge in [0.1, 0.15) is 5.82 Å². The fraction of sp³-hybridized carbons (Fsp3) is 0.609. The van der Waals surface area contributed by atoms with E-state index in [1.165, 1.54) is 31.2 Å². The molecule has 2 aromatic rings. The Kier molecular flexibility index (Phi) is 4.05. The van der Waals surface area contributed by atoms with Crippen molar-refractivity contribution in [1.29, 1.82) is 0 Å². The molecule has 29 heavy (non-hydrogen) atoms. The molecule has 1 unspecified atom stereocenters. The van der Waals surface area contributed by atoms with E-state index in [9.17, 15) is 4.79 Å². The van der Waals surface area contributed by atoms with E-state index in [0.29, 0.717) is 23.7 Å². The summed E-state index contributed by atoms with van der Waals surface area (Å²) in [6, 6.07) is 10.7. The zero-order valence-corrected chi connectivity index (χ0v) is 16.9. The minimum atomic E-state index is 0.119. The van der Waals surface area contributed by atoms with E-state index in [-0.39, 0.29) is 5.41 Å². The number of hydrogen-bond donors (Lipinski definition) is 1. The SMILES string of the molecule is O=C(CC1CC1)N1CC2(CN(Cc3ccccc3)CC2c2nc(C3CC3)n[nH]2)C1. The molecule has 152 valence electrons. The van der Waals surface area contributed by atoms with E-state index >= 15 is 0 Å². The van der Waals surface area contributed by atoms with E-state index in [0.717, 1.165) is 50.8 Å². The second kappa shape index (κ2) is 6.66. The topological polar surface area (TPSA) is 65.1 Å². The van der Waals surface area contributed by atoms with Gasteiger partial charge in [-0.25, -0.2) is 4.98 Å². The van der Waals surface area contributed by atoms with Crippen molar-refractivity contribution >= 4 is 5.91 Å². The molecule has 2 saturated carbocycles. The highest BCUT2D eigenvalue weighted by atomic mass is 16.2. The van der Waals surface area contributed by atoms with Crippen LogP contribution in [0.25, 0.3) is 0 Å². The van der Waals surface area contributed by atoms with Crippen molar-refractivity contribution in [3.8, 4) is 0 Å². The Morgan fingerprint density at radius 2 is 1.90 bits per heavy atom. The Morgan fingerprint density at radius 1 is 1.10 bits per heavy atom. The van der Waals surface area contributed by atoms with Crippen LogP contribution < -0.4 is 0 Å².